The van der Waals surface area contributed by atoms with Crippen LogP contribution in [-0.4, -0.2) is 46.3 Å². The first kappa shape index (κ1) is 28.7. The predicted octanol–water partition coefficient (Wildman–Crippen LogP) is 6.73. The molecule has 1 aliphatic heterocycles. The number of carboxylic acid groups (broad SMARTS) is 1. The maximum absolute atomic E-state index is 14.4. The van der Waals surface area contributed by atoms with Gasteiger partial charge in [0, 0.05) is 37.5 Å². The van der Waals surface area contributed by atoms with Crippen LogP contribution >= 0.6 is 15.9 Å². The van der Waals surface area contributed by atoms with Gasteiger partial charge in [-0.15, -0.1) is 0 Å². The summed E-state index contributed by atoms with van der Waals surface area (Å²) in [6.45, 7) is 8.03. The Morgan fingerprint density at radius 3 is 2.54 bits per heavy atom. The van der Waals surface area contributed by atoms with Crippen molar-refractivity contribution in [2.45, 2.75) is 58.4 Å². The second-order valence-electron chi connectivity index (χ2n) is 11.0. The number of halogens is 3. The molecule has 10 heteroatoms. The number of piperidine rings is 1. The summed E-state index contributed by atoms with van der Waals surface area (Å²) in [5.74, 6) is -2.39. The average molecular weight is 604 g/mol. The van der Waals surface area contributed by atoms with Crippen molar-refractivity contribution in [1.29, 1.82) is 0 Å². The van der Waals surface area contributed by atoms with E-state index in [0.717, 1.165) is 17.2 Å². The van der Waals surface area contributed by atoms with Gasteiger partial charge >= 0.3 is 6.09 Å². The van der Waals surface area contributed by atoms with Crippen LogP contribution in [0.4, 0.5) is 13.6 Å². The molecular weight excluding hydrogens is 572 g/mol. The van der Waals surface area contributed by atoms with Crippen molar-refractivity contribution in [3.63, 3.8) is 0 Å². The van der Waals surface area contributed by atoms with E-state index in [1.165, 1.54) is 17.9 Å². The predicted molar refractivity (Wildman–Crippen MR) is 146 cm³/mol. The van der Waals surface area contributed by atoms with Crippen LogP contribution in [0.15, 0.2) is 51.5 Å². The van der Waals surface area contributed by atoms with Gasteiger partial charge in [-0.1, -0.05) is 56.3 Å². The van der Waals surface area contributed by atoms with Crippen molar-refractivity contribution in [2.75, 3.05) is 13.1 Å². The van der Waals surface area contributed by atoms with Crippen LogP contribution in [-0.2, 0) is 11.2 Å². The number of nitrogens with one attached hydrogen (secondary N) is 1. The van der Waals surface area contributed by atoms with E-state index in [-0.39, 0.29) is 18.4 Å². The number of hydrogen-bond donors (Lipinski definition) is 2. The third-order valence-electron chi connectivity index (χ3n) is 7.30. The SMILES string of the molecule is CC(=O)NCCc1ccccc1-c1onc([C@@H]2C(C(C)(C)C)N(C(=O)O)CC[C@H]2c2ccc(F)c(F)c2)c1Br. The van der Waals surface area contributed by atoms with Crippen molar-refractivity contribution in [3.8, 4) is 11.3 Å². The summed E-state index contributed by atoms with van der Waals surface area (Å²) < 4.78 is 34.7. The standard InChI is InChI=1S/C29H32BrF2N3O4/c1-16(36)33-13-11-17-7-5-6-8-20(17)26-24(30)25(34-39-26)23-19(18-9-10-21(31)22(32)15-18)12-14-35(28(37)38)27(23)29(2,3)4/h5-10,15,19,23,27H,11-14H2,1-4H3,(H,33,36)(H,37,38)/t19-,23+,27?/m0/s1. The van der Waals surface area contributed by atoms with Gasteiger partial charge in [0.15, 0.2) is 17.4 Å². The fourth-order valence-corrected chi connectivity index (χ4v) is 6.31. The zero-order valence-corrected chi connectivity index (χ0v) is 23.9. The Morgan fingerprint density at radius 2 is 1.90 bits per heavy atom. The molecule has 3 aromatic rings. The molecule has 0 spiro atoms. The average Bonchev–Trinajstić information content (AvgIpc) is 3.25. The van der Waals surface area contributed by atoms with E-state index >= 15 is 0 Å². The molecule has 1 aromatic heterocycles. The second kappa shape index (κ2) is 11.5. The lowest BCUT2D eigenvalue weighted by atomic mass is 9.66. The van der Waals surface area contributed by atoms with Crippen molar-refractivity contribution < 1.29 is 28.0 Å². The third-order valence-corrected chi connectivity index (χ3v) is 8.07. The molecule has 7 nitrogen and oxygen atoms in total. The minimum atomic E-state index is -1.05. The number of carbonyl (C=O) groups excluding carboxylic acids is 1. The topological polar surface area (TPSA) is 95.7 Å². The summed E-state index contributed by atoms with van der Waals surface area (Å²) in [7, 11) is 0. The molecule has 0 bridgehead atoms. The number of carbonyl (C=O) groups is 2. The minimum absolute atomic E-state index is 0.118. The molecule has 2 aromatic carbocycles. The van der Waals surface area contributed by atoms with Crippen LogP contribution in [0.2, 0.25) is 0 Å². The summed E-state index contributed by atoms with van der Waals surface area (Å²) in [6.07, 6.45) is -0.0839. The number of benzene rings is 2. The monoisotopic (exact) mass is 603 g/mol. The second-order valence-corrected chi connectivity index (χ2v) is 11.8. The highest BCUT2D eigenvalue weighted by atomic mass is 79.9. The van der Waals surface area contributed by atoms with Gasteiger partial charge in [0.1, 0.15) is 5.69 Å². The molecule has 2 heterocycles. The molecule has 2 amide bonds. The number of nitrogens with zero attached hydrogens (tertiary/aromatic N) is 2. The van der Waals surface area contributed by atoms with E-state index in [1.54, 1.807) is 6.07 Å². The number of hydrogen-bond acceptors (Lipinski definition) is 4. The lowest BCUT2D eigenvalue weighted by Gasteiger charge is -2.49. The Kier molecular flexibility index (Phi) is 8.44. The quantitative estimate of drug-likeness (QED) is 0.326. The summed E-state index contributed by atoms with van der Waals surface area (Å²) in [4.78, 5) is 25.1. The van der Waals surface area contributed by atoms with Crippen LogP contribution in [0.25, 0.3) is 11.3 Å². The van der Waals surface area contributed by atoms with Gasteiger partial charge in [0.05, 0.1) is 4.47 Å². The molecule has 208 valence electrons. The lowest BCUT2D eigenvalue weighted by Crippen LogP contribution is -2.55. The molecule has 4 rings (SSSR count). The largest absolute Gasteiger partial charge is 0.465 e. The lowest BCUT2D eigenvalue weighted by molar-refractivity contribution is -0.118. The van der Waals surface area contributed by atoms with Crippen LogP contribution < -0.4 is 5.32 Å². The Bertz CT molecular complexity index is 1370. The number of amides is 2. The molecule has 1 aliphatic rings. The first-order valence-electron chi connectivity index (χ1n) is 12.8. The zero-order chi connectivity index (χ0) is 28.5. The van der Waals surface area contributed by atoms with Crippen LogP contribution in [0.3, 0.4) is 0 Å². The van der Waals surface area contributed by atoms with Gasteiger partial charge in [0.2, 0.25) is 5.91 Å². The van der Waals surface area contributed by atoms with Gasteiger partial charge in [-0.3, -0.25) is 4.79 Å². The van der Waals surface area contributed by atoms with E-state index in [0.29, 0.717) is 40.9 Å². The maximum Gasteiger partial charge on any atom is 0.407 e. The van der Waals surface area contributed by atoms with Crippen LogP contribution in [0, 0.1) is 17.0 Å². The molecule has 3 atom stereocenters. The van der Waals surface area contributed by atoms with E-state index in [9.17, 15) is 23.5 Å². The Hall–Kier alpha value is -3.27. The van der Waals surface area contributed by atoms with Crippen molar-refractivity contribution in [3.05, 3.63) is 75.4 Å². The smallest absolute Gasteiger partial charge is 0.407 e. The summed E-state index contributed by atoms with van der Waals surface area (Å²) in [5, 5.41) is 17.4. The number of likely N-dealkylation sites (tertiary alicyclic amines) is 1. The minimum Gasteiger partial charge on any atom is -0.465 e. The summed E-state index contributed by atoms with van der Waals surface area (Å²) >= 11 is 3.70. The molecule has 1 fully saturated rings. The van der Waals surface area contributed by atoms with Gasteiger partial charge in [-0.25, -0.2) is 13.6 Å². The van der Waals surface area contributed by atoms with Gasteiger partial charge in [-0.2, -0.15) is 0 Å². The van der Waals surface area contributed by atoms with Gasteiger partial charge in [0.25, 0.3) is 0 Å². The highest BCUT2D eigenvalue weighted by Crippen LogP contribution is 2.51. The van der Waals surface area contributed by atoms with E-state index in [4.69, 9.17) is 4.52 Å². The molecular formula is C29H32BrF2N3O4. The normalized spacial score (nSPS) is 19.7. The Morgan fingerprint density at radius 1 is 1.18 bits per heavy atom. The molecule has 0 radical (unpaired) electrons. The van der Waals surface area contributed by atoms with Crippen molar-refractivity contribution in [2.24, 2.45) is 5.41 Å². The highest BCUT2D eigenvalue weighted by molar-refractivity contribution is 9.10. The fourth-order valence-electron chi connectivity index (χ4n) is 5.69. The fraction of sp³-hybridized carbons (Fsp3) is 0.414. The molecule has 1 saturated heterocycles. The van der Waals surface area contributed by atoms with Gasteiger partial charge in [-0.05, 0) is 63.4 Å². The third kappa shape index (κ3) is 6.00. The number of aromatic nitrogens is 1. The first-order chi connectivity index (χ1) is 18.4. The van der Waals surface area contributed by atoms with E-state index in [1.807, 2.05) is 45.0 Å². The summed E-state index contributed by atoms with van der Waals surface area (Å²) in [5.41, 5.74) is 2.30. The Balaban J connectivity index is 1.84. The Labute approximate surface area is 234 Å². The van der Waals surface area contributed by atoms with E-state index < -0.39 is 35.1 Å². The van der Waals surface area contributed by atoms with Crippen LogP contribution in [0.1, 0.15) is 62.8 Å². The zero-order valence-electron chi connectivity index (χ0n) is 22.3. The maximum atomic E-state index is 14.4. The molecule has 0 saturated carbocycles. The van der Waals surface area contributed by atoms with Crippen LogP contribution in [0.5, 0.6) is 0 Å². The molecule has 0 aliphatic carbocycles. The molecule has 2 N–H and O–H groups in total. The van der Waals surface area contributed by atoms with E-state index in [2.05, 4.69) is 26.4 Å². The van der Waals surface area contributed by atoms with Crippen molar-refractivity contribution >= 4 is 27.9 Å². The van der Waals surface area contributed by atoms with Crippen molar-refractivity contribution in [1.82, 2.24) is 15.4 Å². The first-order valence-corrected chi connectivity index (χ1v) is 13.6. The summed E-state index contributed by atoms with van der Waals surface area (Å²) in [6, 6.07) is 10.9. The highest BCUT2D eigenvalue weighted by Gasteiger charge is 2.49. The molecule has 39 heavy (non-hydrogen) atoms. The molecule has 1 unspecified atom stereocenters. The number of rotatable bonds is 6. The van der Waals surface area contributed by atoms with Gasteiger partial charge < -0.3 is 19.8 Å².